The Morgan fingerprint density at radius 2 is 2.25 bits per heavy atom. The molecule has 0 saturated carbocycles. The molecule has 2 heterocycles. The Morgan fingerprint density at radius 1 is 1.44 bits per heavy atom. The Kier molecular flexibility index (Phi) is 3.56. The van der Waals surface area contributed by atoms with Gasteiger partial charge in [0.25, 0.3) is 0 Å². The van der Waals surface area contributed by atoms with Crippen molar-refractivity contribution in [2.75, 3.05) is 0 Å². The van der Waals surface area contributed by atoms with E-state index in [1.807, 2.05) is 11.3 Å². The number of aromatic amines is 2. The van der Waals surface area contributed by atoms with Gasteiger partial charge in [0.1, 0.15) is 5.82 Å². The van der Waals surface area contributed by atoms with Crippen LogP contribution in [0.25, 0.3) is 0 Å². The van der Waals surface area contributed by atoms with Gasteiger partial charge in [-0.2, -0.15) is 0 Å². The summed E-state index contributed by atoms with van der Waals surface area (Å²) in [6, 6.07) is 4.29. The lowest BCUT2D eigenvalue weighted by Gasteiger charge is -2.17. The largest absolute Gasteiger partial charge is 0.286 e. The Hall–Kier alpha value is -0.940. The molecule has 86 valence electrons. The Morgan fingerprint density at radius 3 is 2.75 bits per heavy atom. The van der Waals surface area contributed by atoms with Gasteiger partial charge >= 0.3 is 0 Å². The van der Waals surface area contributed by atoms with Crippen molar-refractivity contribution in [3.63, 3.8) is 0 Å². The molecule has 0 aromatic carbocycles. The van der Waals surface area contributed by atoms with E-state index in [9.17, 15) is 0 Å². The van der Waals surface area contributed by atoms with Crippen molar-refractivity contribution < 1.29 is 0 Å². The second kappa shape index (κ2) is 4.93. The van der Waals surface area contributed by atoms with E-state index in [4.69, 9.17) is 12.2 Å². The van der Waals surface area contributed by atoms with E-state index >= 15 is 0 Å². The van der Waals surface area contributed by atoms with E-state index < -0.39 is 0 Å². The topological polar surface area (TPSA) is 44.5 Å². The molecule has 1 unspecified atom stereocenters. The van der Waals surface area contributed by atoms with E-state index in [0.29, 0.717) is 16.6 Å². The lowest BCUT2D eigenvalue weighted by molar-refractivity contribution is 0.493. The Balaban J connectivity index is 2.18. The van der Waals surface area contributed by atoms with Crippen LogP contribution < -0.4 is 0 Å². The van der Waals surface area contributed by atoms with Crippen LogP contribution in [0.1, 0.15) is 30.5 Å². The second-order valence-electron chi connectivity index (χ2n) is 4.18. The molecule has 5 heteroatoms. The smallest absolute Gasteiger partial charge is 0.213 e. The molecule has 0 aliphatic rings. The molecule has 2 N–H and O–H groups in total. The standard InChI is InChI=1S/C11H15N3S2/c1-7(2)8(9-4-3-5-16-9)6-10-12-11(15)14-13-10/h3-5,7-8H,6H2,1-2H3,(H2,12,13,14,15). The zero-order valence-corrected chi connectivity index (χ0v) is 11.0. The normalized spacial score (nSPS) is 13.2. The van der Waals surface area contributed by atoms with Gasteiger partial charge in [-0.1, -0.05) is 19.9 Å². The van der Waals surface area contributed by atoms with E-state index in [1.165, 1.54) is 4.88 Å². The molecule has 3 nitrogen and oxygen atoms in total. The van der Waals surface area contributed by atoms with Crippen LogP contribution in [-0.4, -0.2) is 15.2 Å². The summed E-state index contributed by atoms with van der Waals surface area (Å²) < 4.78 is 0.531. The highest BCUT2D eigenvalue weighted by Crippen LogP contribution is 2.30. The minimum atomic E-state index is 0.508. The van der Waals surface area contributed by atoms with E-state index in [2.05, 4.69) is 46.5 Å². The van der Waals surface area contributed by atoms with Crippen LogP contribution in [0.5, 0.6) is 0 Å². The maximum absolute atomic E-state index is 4.96. The Bertz CT molecular complexity index is 481. The van der Waals surface area contributed by atoms with Gasteiger partial charge in [-0.05, 0) is 29.6 Å². The summed E-state index contributed by atoms with van der Waals surface area (Å²) in [6.07, 6.45) is 0.908. The number of nitrogens with zero attached hydrogens (tertiary/aromatic N) is 1. The number of H-pyrrole nitrogens is 2. The first-order chi connectivity index (χ1) is 7.66. The number of thiophene rings is 1. The third-order valence-electron chi connectivity index (χ3n) is 2.68. The molecule has 0 bridgehead atoms. The molecule has 0 spiro atoms. The molecule has 16 heavy (non-hydrogen) atoms. The molecule has 0 fully saturated rings. The molecule has 2 rings (SSSR count). The van der Waals surface area contributed by atoms with Gasteiger partial charge < -0.3 is 0 Å². The fourth-order valence-corrected chi connectivity index (χ4v) is 2.94. The van der Waals surface area contributed by atoms with Gasteiger partial charge in [0.2, 0.25) is 4.77 Å². The van der Waals surface area contributed by atoms with Gasteiger partial charge in [-0.15, -0.1) is 11.3 Å². The highest BCUT2D eigenvalue weighted by Gasteiger charge is 2.18. The SMILES string of the molecule is CC(C)C(Cc1nc(=S)[nH][nH]1)c1cccs1. The number of hydrogen-bond acceptors (Lipinski definition) is 3. The predicted octanol–water partition coefficient (Wildman–Crippen LogP) is 3.51. The van der Waals surface area contributed by atoms with Gasteiger partial charge in [-0.3, -0.25) is 10.2 Å². The first-order valence-electron chi connectivity index (χ1n) is 5.34. The molecule has 2 aromatic rings. The summed E-state index contributed by atoms with van der Waals surface area (Å²) in [5.41, 5.74) is 0. The van der Waals surface area contributed by atoms with E-state index in [1.54, 1.807) is 0 Å². The van der Waals surface area contributed by atoms with E-state index in [-0.39, 0.29) is 0 Å². The quantitative estimate of drug-likeness (QED) is 0.819. The summed E-state index contributed by atoms with van der Waals surface area (Å²) in [7, 11) is 0. The van der Waals surface area contributed by atoms with Gasteiger partial charge in [-0.25, -0.2) is 4.98 Å². The van der Waals surface area contributed by atoms with Crippen molar-refractivity contribution in [1.29, 1.82) is 0 Å². The van der Waals surface area contributed by atoms with E-state index in [0.717, 1.165) is 12.2 Å². The molecule has 0 radical (unpaired) electrons. The number of hydrogen-bond donors (Lipinski definition) is 2. The maximum atomic E-state index is 4.96. The van der Waals surface area contributed by atoms with Crippen LogP contribution in [0.4, 0.5) is 0 Å². The summed E-state index contributed by atoms with van der Waals surface area (Å²) in [4.78, 5) is 5.67. The van der Waals surface area contributed by atoms with Gasteiger partial charge in [0, 0.05) is 17.2 Å². The average molecular weight is 253 g/mol. The summed E-state index contributed by atoms with van der Waals surface area (Å²) in [5.74, 6) is 2.04. The fraction of sp³-hybridized carbons (Fsp3) is 0.455. The monoisotopic (exact) mass is 253 g/mol. The van der Waals surface area contributed by atoms with Crippen molar-refractivity contribution in [1.82, 2.24) is 15.2 Å². The third kappa shape index (κ3) is 2.59. The summed E-state index contributed by atoms with van der Waals surface area (Å²) in [6.45, 7) is 4.48. The molecule has 2 aromatic heterocycles. The lowest BCUT2D eigenvalue weighted by Crippen LogP contribution is -2.09. The molecular weight excluding hydrogens is 238 g/mol. The van der Waals surface area contributed by atoms with Crippen LogP contribution in [-0.2, 0) is 6.42 Å². The van der Waals surface area contributed by atoms with Crippen LogP contribution in [0.15, 0.2) is 17.5 Å². The molecule has 0 aliphatic heterocycles. The highest BCUT2D eigenvalue weighted by atomic mass is 32.1. The van der Waals surface area contributed by atoms with Crippen LogP contribution in [0.2, 0.25) is 0 Å². The highest BCUT2D eigenvalue weighted by molar-refractivity contribution is 7.71. The fourth-order valence-electron chi connectivity index (χ4n) is 1.78. The third-order valence-corrected chi connectivity index (χ3v) is 3.87. The van der Waals surface area contributed by atoms with Gasteiger partial charge in [0.15, 0.2) is 0 Å². The minimum absolute atomic E-state index is 0.508. The van der Waals surface area contributed by atoms with Crippen molar-refractivity contribution in [2.24, 2.45) is 5.92 Å². The summed E-state index contributed by atoms with van der Waals surface area (Å²) in [5, 5.41) is 7.98. The molecular formula is C11H15N3S2. The maximum Gasteiger partial charge on any atom is 0.213 e. The Labute approximate surface area is 104 Å². The number of rotatable bonds is 4. The van der Waals surface area contributed by atoms with Crippen molar-refractivity contribution in [2.45, 2.75) is 26.2 Å². The first kappa shape index (κ1) is 11.5. The molecule has 0 amide bonds. The number of aromatic nitrogens is 3. The van der Waals surface area contributed by atoms with Crippen LogP contribution >= 0.6 is 23.6 Å². The van der Waals surface area contributed by atoms with Crippen LogP contribution in [0.3, 0.4) is 0 Å². The van der Waals surface area contributed by atoms with Crippen LogP contribution in [0, 0.1) is 10.7 Å². The summed E-state index contributed by atoms with van der Waals surface area (Å²) >= 11 is 6.76. The van der Waals surface area contributed by atoms with Gasteiger partial charge in [0.05, 0.1) is 0 Å². The van der Waals surface area contributed by atoms with Crippen molar-refractivity contribution in [3.8, 4) is 0 Å². The molecule has 1 atom stereocenters. The van der Waals surface area contributed by atoms with Crippen molar-refractivity contribution >= 4 is 23.6 Å². The second-order valence-corrected chi connectivity index (χ2v) is 5.55. The average Bonchev–Trinajstić information content (AvgIpc) is 2.84. The first-order valence-corrected chi connectivity index (χ1v) is 6.62. The zero-order valence-electron chi connectivity index (χ0n) is 9.36. The molecule has 0 aliphatic carbocycles. The lowest BCUT2D eigenvalue weighted by atomic mass is 9.91. The predicted molar refractivity (Wildman–Crippen MR) is 69.4 cm³/mol. The molecule has 0 saturated heterocycles. The minimum Gasteiger partial charge on any atom is -0.286 e. The number of nitrogens with one attached hydrogen (secondary N) is 2. The van der Waals surface area contributed by atoms with Crippen molar-refractivity contribution in [3.05, 3.63) is 33.0 Å². The zero-order chi connectivity index (χ0) is 11.5.